The van der Waals surface area contributed by atoms with Crippen molar-refractivity contribution in [1.29, 1.82) is 0 Å². The molecule has 2 unspecified atom stereocenters. The first-order chi connectivity index (χ1) is 8.82. The molecule has 0 aromatic heterocycles. The largest absolute Gasteiger partial charge is 0.422 e. The van der Waals surface area contributed by atoms with Crippen molar-refractivity contribution in [3.63, 3.8) is 0 Å². The molecular formula is C12H11F5OS. The smallest absolute Gasteiger partial charge is 0.282 e. The van der Waals surface area contributed by atoms with Crippen LogP contribution in [-0.2, 0) is 0 Å². The molecule has 0 spiro atoms. The lowest BCUT2D eigenvalue weighted by Crippen LogP contribution is -2.33. The normalized spacial score (nSPS) is 15.0. The summed E-state index contributed by atoms with van der Waals surface area (Å²) in [5.74, 6) is -0.203. The van der Waals surface area contributed by atoms with Crippen LogP contribution in [0, 0.1) is 0 Å². The predicted molar refractivity (Wildman–Crippen MR) is 63.7 cm³/mol. The quantitative estimate of drug-likeness (QED) is 0.758. The molecule has 1 aromatic rings. The second kappa shape index (κ2) is 6.88. The molecule has 1 nitrogen and oxygen atoms in total. The van der Waals surface area contributed by atoms with E-state index in [0.717, 1.165) is 0 Å². The van der Waals surface area contributed by atoms with Gasteiger partial charge in [-0.2, -0.15) is 13.2 Å². The maximum absolute atomic E-state index is 12.9. The summed E-state index contributed by atoms with van der Waals surface area (Å²) in [6.07, 6.45) is -12.0. The van der Waals surface area contributed by atoms with Gasteiger partial charge in [0.2, 0.25) is 11.3 Å². The van der Waals surface area contributed by atoms with E-state index in [1.165, 1.54) is 12.1 Å². The van der Waals surface area contributed by atoms with Crippen LogP contribution in [0.1, 0.15) is 16.8 Å². The summed E-state index contributed by atoms with van der Waals surface area (Å²) < 4.78 is 61.1. The fourth-order valence-electron chi connectivity index (χ4n) is 1.27. The fraction of sp³-hybridized carbons (Fsp3) is 0.417. The molecule has 0 saturated heterocycles. The number of benzene rings is 1. The number of halogens is 5. The summed E-state index contributed by atoms with van der Waals surface area (Å²) in [4.78, 5) is 11.5. The zero-order valence-corrected chi connectivity index (χ0v) is 10.5. The minimum atomic E-state index is -5.20. The average Bonchev–Trinajstić information content (AvgIpc) is 2.37. The van der Waals surface area contributed by atoms with Gasteiger partial charge >= 0.3 is 6.18 Å². The van der Waals surface area contributed by atoms with Gasteiger partial charge < -0.3 is 0 Å². The summed E-state index contributed by atoms with van der Waals surface area (Å²) in [6.45, 7) is 0. The predicted octanol–water partition coefficient (Wildman–Crippen LogP) is 4.19. The van der Waals surface area contributed by atoms with Gasteiger partial charge in [-0.15, -0.1) is 0 Å². The van der Waals surface area contributed by atoms with Crippen molar-refractivity contribution < 1.29 is 26.7 Å². The van der Waals surface area contributed by atoms with Crippen LogP contribution in [-0.4, -0.2) is 29.4 Å². The molecule has 7 heteroatoms. The first-order valence-corrected chi connectivity index (χ1v) is 6.38. The molecule has 0 amide bonds. The molecular weight excluding hydrogens is 287 g/mol. The van der Waals surface area contributed by atoms with E-state index in [1.807, 2.05) is 0 Å². The lowest BCUT2D eigenvalue weighted by Gasteiger charge is -2.15. The van der Waals surface area contributed by atoms with E-state index in [1.54, 1.807) is 18.2 Å². The second-order valence-corrected chi connectivity index (χ2v) is 4.82. The average molecular weight is 298 g/mol. The number of thioether (sulfide) groups is 1. The molecule has 2 atom stereocenters. The lowest BCUT2D eigenvalue weighted by atomic mass is 10.2. The van der Waals surface area contributed by atoms with Crippen molar-refractivity contribution in [1.82, 2.24) is 0 Å². The Balaban J connectivity index is 2.37. The zero-order valence-electron chi connectivity index (χ0n) is 9.66. The molecule has 0 aliphatic carbocycles. The van der Waals surface area contributed by atoms with E-state index < -0.39 is 24.9 Å². The molecule has 0 bridgehead atoms. The van der Waals surface area contributed by atoms with Crippen molar-refractivity contribution in [2.75, 3.05) is 5.75 Å². The van der Waals surface area contributed by atoms with Gasteiger partial charge in [-0.3, -0.25) is 4.79 Å². The molecule has 0 aliphatic heterocycles. The Bertz CT molecular complexity index is 406. The Morgan fingerprint density at radius 3 is 2.26 bits per heavy atom. The summed E-state index contributed by atoms with van der Waals surface area (Å²) in [5, 5.41) is -0.379. The number of rotatable bonds is 5. The molecule has 1 rings (SSSR count). The highest BCUT2D eigenvalue weighted by Crippen LogP contribution is 2.29. The zero-order chi connectivity index (χ0) is 14.5. The minimum absolute atomic E-state index is 0.203. The molecule has 0 aliphatic rings. The van der Waals surface area contributed by atoms with Crippen LogP contribution < -0.4 is 0 Å². The second-order valence-electron chi connectivity index (χ2n) is 3.75. The van der Waals surface area contributed by atoms with E-state index in [2.05, 4.69) is 0 Å². The van der Waals surface area contributed by atoms with Crippen molar-refractivity contribution in [3.8, 4) is 0 Å². The summed E-state index contributed by atoms with van der Waals surface area (Å²) in [7, 11) is 0. The first kappa shape index (κ1) is 15.9. The maximum atomic E-state index is 12.9. The maximum Gasteiger partial charge on any atom is 0.422 e. The third-order valence-electron chi connectivity index (χ3n) is 2.27. The van der Waals surface area contributed by atoms with Gasteiger partial charge in [0.15, 0.2) is 0 Å². The van der Waals surface area contributed by atoms with Gasteiger partial charge in [0, 0.05) is 11.3 Å². The molecule has 0 saturated carbocycles. The summed E-state index contributed by atoms with van der Waals surface area (Å²) in [5.41, 5.74) is 0.371. The van der Waals surface area contributed by atoms with Gasteiger partial charge in [0.05, 0.1) is 0 Å². The molecule has 0 heterocycles. The molecule has 1 aromatic carbocycles. The van der Waals surface area contributed by atoms with E-state index in [-0.39, 0.29) is 10.9 Å². The van der Waals surface area contributed by atoms with Crippen molar-refractivity contribution in [3.05, 3.63) is 35.9 Å². The monoisotopic (exact) mass is 298 g/mol. The minimum Gasteiger partial charge on any atom is -0.282 e. The van der Waals surface area contributed by atoms with E-state index in [9.17, 15) is 26.7 Å². The van der Waals surface area contributed by atoms with Gasteiger partial charge in [-0.1, -0.05) is 42.1 Å². The Labute approximate surface area is 111 Å². The van der Waals surface area contributed by atoms with Crippen LogP contribution in [0.2, 0.25) is 0 Å². The Morgan fingerprint density at radius 1 is 1.16 bits per heavy atom. The van der Waals surface area contributed by atoms with E-state index in [4.69, 9.17) is 0 Å². The molecule has 0 radical (unpaired) electrons. The number of carbonyl (C=O) groups excluding carboxylic acids is 1. The Hall–Kier alpha value is -1.11. The third kappa shape index (κ3) is 5.18. The van der Waals surface area contributed by atoms with Crippen molar-refractivity contribution in [2.24, 2.45) is 0 Å². The van der Waals surface area contributed by atoms with Gasteiger partial charge in [0.1, 0.15) is 6.17 Å². The van der Waals surface area contributed by atoms with Crippen LogP contribution in [0.25, 0.3) is 0 Å². The number of hydrogen-bond donors (Lipinski definition) is 0. The van der Waals surface area contributed by atoms with Crippen LogP contribution in [0.3, 0.4) is 0 Å². The highest BCUT2D eigenvalue weighted by molar-refractivity contribution is 8.14. The van der Waals surface area contributed by atoms with Crippen LogP contribution >= 0.6 is 11.8 Å². The van der Waals surface area contributed by atoms with Crippen molar-refractivity contribution >= 4 is 16.9 Å². The topological polar surface area (TPSA) is 17.1 Å². The third-order valence-corrected chi connectivity index (χ3v) is 3.20. The van der Waals surface area contributed by atoms with Crippen LogP contribution in [0.4, 0.5) is 22.0 Å². The van der Waals surface area contributed by atoms with E-state index >= 15 is 0 Å². The summed E-state index contributed by atoms with van der Waals surface area (Å²) >= 11 is 0.673. The highest BCUT2D eigenvalue weighted by atomic mass is 32.2. The number of hydrogen-bond acceptors (Lipinski definition) is 2. The van der Waals surface area contributed by atoms with Gasteiger partial charge in [-0.25, -0.2) is 8.78 Å². The number of alkyl halides is 5. The lowest BCUT2D eigenvalue weighted by molar-refractivity contribution is -0.196. The first-order valence-electron chi connectivity index (χ1n) is 5.39. The molecule has 106 valence electrons. The Kier molecular flexibility index (Phi) is 5.78. The standard InChI is InChI=1S/C12H11F5OS/c13-9(10(14)12(15,16)17)6-7-19-11(18)8-4-2-1-3-5-8/h1-5,9-10H,6-7H2. The number of carbonyl (C=O) groups is 1. The Morgan fingerprint density at radius 2 is 1.74 bits per heavy atom. The van der Waals surface area contributed by atoms with Crippen molar-refractivity contribution in [2.45, 2.75) is 24.9 Å². The highest BCUT2D eigenvalue weighted by Gasteiger charge is 2.45. The van der Waals surface area contributed by atoms with Crippen LogP contribution in [0.5, 0.6) is 0 Å². The van der Waals surface area contributed by atoms with Gasteiger partial charge in [-0.05, 0) is 6.42 Å². The molecule has 0 N–H and O–H groups in total. The van der Waals surface area contributed by atoms with E-state index in [0.29, 0.717) is 17.3 Å². The summed E-state index contributed by atoms with van der Waals surface area (Å²) in [6, 6.07) is 8.04. The fourth-order valence-corrected chi connectivity index (χ4v) is 2.10. The molecule has 19 heavy (non-hydrogen) atoms. The van der Waals surface area contributed by atoms with Gasteiger partial charge in [0.25, 0.3) is 0 Å². The SMILES string of the molecule is O=C(SCCC(F)C(F)C(F)(F)F)c1ccccc1. The molecule has 0 fully saturated rings. The van der Waals surface area contributed by atoms with Crippen LogP contribution in [0.15, 0.2) is 30.3 Å².